The Bertz CT molecular complexity index is 1120. The van der Waals surface area contributed by atoms with Gasteiger partial charge in [-0.25, -0.2) is 4.98 Å². The average Bonchev–Trinajstić information content (AvgIpc) is 3.45. The molecule has 5 nitrogen and oxygen atoms in total. The highest BCUT2D eigenvalue weighted by molar-refractivity contribution is 9.10. The number of benzene rings is 1. The van der Waals surface area contributed by atoms with Gasteiger partial charge in [0.25, 0.3) is 0 Å². The molecule has 1 aliphatic carbocycles. The number of halogens is 2. The first-order valence-corrected chi connectivity index (χ1v) is 9.56. The van der Waals surface area contributed by atoms with Crippen molar-refractivity contribution in [2.24, 2.45) is 11.8 Å². The van der Waals surface area contributed by atoms with E-state index in [-0.39, 0.29) is 17.7 Å². The first kappa shape index (κ1) is 17.9. The maximum atomic E-state index is 12.2. The largest absolute Gasteiger partial charge is 0.310 e. The lowest BCUT2D eigenvalue weighted by atomic mass is 10.00. The molecule has 134 valence electrons. The number of rotatable bonds is 3. The molecule has 1 N–H and O–H groups in total. The molecule has 1 fully saturated rings. The van der Waals surface area contributed by atoms with Crippen molar-refractivity contribution in [1.82, 2.24) is 9.97 Å². The molecule has 1 aliphatic rings. The first-order chi connectivity index (χ1) is 13.0. The van der Waals surface area contributed by atoms with E-state index in [0.717, 1.165) is 31.9 Å². The third-order valence-electron chi connectivity index (χ3n) is 4.77. The Hall–Kier alpha value is -2.49. The van der Waals surface area contributed by atoms with Crippen LogP contribution in [-0.2, 0) is 4.79 Å². The Morgan fingerprint density at radius 1 is 1.37 bits per heavy atom. The van der Waals surface area contributed by atoms with Crippen LogP contribution in [0.4, 0.5) is 5.82 Å². The van der Waals surface area contributed by atoms with Crippen LogP contribution >= 0.6 is 27.5 Å². The van der Waals surface area contributed by atoms with Crippen LogP contribution in [-0.4, -0.2) is 15.9 Å². The van der Waals surface area contributed by atoms with E-state index in [1.165, 1.54) is 0 Å². The highest BCUT2D eigenvalue weighted by Crippen LogP contribution is 2.41. The van der Waals surface area contributed by atoms with Crippen LogP contribution in [0.1, 0.15) is 12.0 Å². The number of aromatic nitrogens is 2. The van der Waals surface area contributed by atoms with Gasteiger partial charge in [-0.05, 0) is 64.0 Å². The molecular formula is C20H14BrClN4O. The van der Waals surface area contributed by atoms with Crippen molar-refractivity contribution in [2.45, 2.75) is 13.3 Å². The summed E-state index contributed by atoms with van der Waals surface area (Å²) in [6.45, 7) is 2.01. The zero-order valence-corrected chi connectivity index (χ0v) is 16.7. The maximum absolute atomic E-state index is 12.2. The molecule has 1 saturated carbocycles. The van der Waals surface area contributed by atoms with E-state index < -0.39 is 0 Å². The molecule has 27 heavy (non-hydrogen) atoms. The lowest BCUT2D eigenvalue weighted by Gasteiger charge is -2.13. The molecule has 1 unspecified atom stereocenters. The van der Waals surface area contributed by atoms with Gasteiger partial charge in [0.1, 0.15) is 5.82 Å². The molecule has 3 aromatic rings. The highest BCUT2D eigenvalue weighted by Gasteiger charge is 2.43. The normalized spacial score (nSPS) is 18.1. The lowest BCUT2D eigenvalue weighted by molar-refractivity contribution is -0.117. The molecule has 1 aromatic carbocycles. The third kappa shape index (κ3) is 3.29. The number of carbonyl (C=O) groups is 1. The Balaban J connectivity index is 1.75. The summed E-state index contributed by atoms with van der Waals surface area (Å²) in [5, 5.41) is 13.9. The minimum Gasteiger partial charge on any atom is -0.310 e. The van der Waals surface area contributed by atoms with Crippen LogP contribution in [0.15, 0.2) is 41.3 Å². The Kier molecular flexibility index (Phi) is 4.58. The van der Waals surface area contributed by atoms with Crippen LogP contribution < -0.4 is 5.32 Å². The second-order valence-electron chi connectivity index (χ2n) is 6.60. The molecule has 4 rings (SSSR count). The van der Waals surface area contributed by atoms with Crippen molar-refractivity contribution >= 4 is 50.0 Å². The van der Waals surface area contributed by atoms with Gasteiger partial charge in [-0.2, -0.15) is 5.26 Å². The van der Waals surface area contributed by atoms with Gasteiger partial charge in [0.05, 0.1) is 22.9 Å². The van der Waals surface area contributed by atoms with Gasteiger partial charge in [0.2, 0.25) is 5.91 Å². The number of fused-ring (bicyclic) bond motifs is 1. The highest BCUT2D eigenvalue weighted by atomic mass is 79.9. The second-order valence-corrected chi connectivity index (χ2v) is 7.77. The molecule has 2 aromatic heterocycles. The van der Waals surface area contributed by atoms with Crippen molar-refractivity contribution in [3.8, 4) is 17.2 Å². The summed E-state index contributed by atoms with van der Waals surface area (Å²) in [5.41, 5.74) is 2.98. The van der Waals surface area contributed by atoms with Gasteiger partial charge in [-0.1, -0.05) is 11.6 Å². The second kappa shape index (κ2) is 6.91. The van der Waals surface area contributed by atoms with Crippen LogP contribution in [0.25, 0.3) is 21.9 Å². The number of carbonyl (C=O) groups excluding carboxylic acids is 1. The number of hydrogen-bond acceptors (Lipinski definition) is 4. The SMILES string of the molecule is Cc1ccncc1-c1cc2cc(NC(=O)[C@@H]3CC3C#N)ncc2c(Cl)c1Br. The molecule has 0 spiro atoms. The predicted molar refractivity (Wildman–Crippen MR) is 108 cm³/mol. The number of amides is 1. The zero-order chi connectivity index (χ0) is 19.1. The quantitative estimate of drug-likeness (QED) is 0.612. The summed E-state index contributed by atoms with van der Waals surface area (Å²) in [6.07, 6.45) is 5.81. The van der Waals surface area contributed by atoms with Gasteiger partial charge in [-0.3, -0.25) is 9.78 Å². The fourth-order valence-electron chi connectivity index (χ4n) is 3.09. The van der Waals surface area contributed by atoms with Gasteiger partial charge >= 0.3 is 0 Å². The van der Waals surface area contributed by atoms with Crippen LogP contribution in [0, 0.1) is 30.1 Å². The summed E-state index contributed by atoms with van der Waals surface area (Å²) >= 11 is 10.1. The molecule has 1 amide bonds. The number of anilines is 1. The molecule has 0 radical (unpaired) electrons. The van der Waals surface area contributed by atoms with E-state index in [0.29, 0.717) is 17.3 Å². The topological polar surface area (TPSA) is 78.7 Å². The van der Waals surface area contributed by atoms with Crippen molar-refractivity contribution in [3.63, 3.8) is 0 Å². The summed E-state index contributed by atoms with van der Waals surface area (Å²) in [7, 11) is 0. The van der Waals surface area contributed by atoms with Crippen LogP contribution in [0.3, 0.4) is 0 Å². The van der Waals surface area contributed by atoms with E-state index in [4.69, 9.17) is 16.9 Å². The number of pyridine rings is 2. The number of aryl methyl sites for hydroxylation is 1. The number of hydrogen-bond donors (Lipinski definition) is 1. The molecule has 0 aliphatic heterocycles. The molecule has 7 heteroatoms. The maximum Gasteiger partial charge on any atom is 0.230 e. The van der Waals surface area contributed by atoms with Crippen molar-refractivity contribution in [3.05, 3.63) is 51.8 Å². The van der Waals surface area contributed by atoms with E-state index in [9.17, 15) is 4.79 Å². The summed E-state index contributed by atoms with van der Waals surface area (Å²) in [5.74, 6) is -0.145. The molecular weight excluding hydrogens is 428 g/mol. The van der Waals surface area contributed by atoms with Crippen LogP contribution in [0.2, 0.25) is 5.02 Å². The molecule has 0 bridgehead atoms. The molecule has 2 heterocycles. The van der Waals surface area contributed by atoms with E-state index in [1.807, 2.05) is 19.1 Å². The van der Waals surface area contributed by atoms with Gasteiger partial charge in [0, 0.05) is 34.0 Å². The summed E-state index contributed by atoms with van der Waals surface area (Å²) in [4.78, 5) is 20.7. The minimum absolute atomic E-state index is 0.167. The standard InChI is InChI=1S/C20H14BrClN4O/c1-10-2-3-24-8-15(10)14-4-11-6-17(25-9-16(11)19(22)18(14)21)26-20(27)13-5-12(13)7-23/h2-4,6,8-9,12-13H,5H2,1H3,(H,25,26,27)/t12?,13-/m1/s1. The average molecular weight is 442 g/mol. The van der Waals surface area contributed by atoms with Gasteiger partial charge < -0.3 is 5.32 Å². The minimum atomic E-state index is -0.241. The Morgan fingerprint density at radius 2 is 2.19 bits per heavy atom. The van der Waals surface area contributed by atoms with Crippen molar-refractivity contribution < 1.29 is 4.79 Å². The number of nitriles is 1. The van der Waals surface area contributed by atoms with E-state index in [2.05, 4.69) is 37.3 Å². The molecule has 2 atom stereocenters. The summed E-state index contributed by atoms with van der Waals surface area (Å²) in [6, 6.07) is 7.86. The fraction of sp³-hybridized carbons (Fsp3) is 0.200. The van der Waals surface area contributed by atoms with Crippen molar-refractivity contribution in [2.75, 3.05) is 5.32 Å². The Labute approximate surface area is 169 Å². The lowest BCUT2D eigenvalue weighted by Crippen LogP contribution is -2.15. The fourth-order valence-corrected chi connectivity index (χ4v) is 3.89. The Morgan fingerprint density at radius 3 is 2.89 bits per heavy atom. The summed E-state index contributed by atoms with van der Waals surface area (Å²) < 4.78 is 0.779. The smallest absolute Gasteiger partial charge is 0.230 e. The van der Waals surface area contributed by atoms with Crippen LogP contribution in [0.5, 0.6) is 0 Å². The first-order valence-electron chi connectivity index (χ1n) is 8.39. The van der Waals surface area contributed by atoms with Crippen molar-refractivity contribution in [1.29, 1.82) is 5.26 Å². The molecule has 0 saturated heterocycles. The third-order valence-corrected chi connectivity index (χ3v) is 6.22. The van der Waals surface area contributed by atoms with E-state index in [1.54, 1.807) is 24.7 Å². The predicted octanol–water partition coefficient (Wildman–Crippen LogP) is 5.12. The van der Waals surface area contributed by atoms with E-state index >= 15 is 0 Å². The zero-order valence-electron chi connectivity index (χ0n) is 14.3. The van der Waals surface area contributed by atoms with Gasteiger partial charge in [0.15, 0.2) is 0 Å². The number of nitrogens with zero attached hydrogens (tertiary/aromatic N) is 3. The number of nitrogens with one attached hydrogen (secondary N) is 1. The van der Waals surface area contributed by atoms with Gasteiger partial charge in [-0.15, -0.1) is 0 Å². The monoisotopic (exact) mass is 440 g/mol.